The van der Waals surface area contributed by atoms with Gasteiger partial charge in [-0.1, -0.05) is 267 Å². The number of para-hydroxylation sites is 6. The molecule has 5 nitrogen and oxygen atoms in total. The van der Waals surface area contributed by atoms with E-state index in [-0.39, 0.29) is 13.4 Å². The van der Waals surface area contributed by atoms with Crippen molar-refractivity contribution in [3.8, 4) is 55.6 Å². The Kier molecular flexibility index (Phi) is 13.1. The normalized spacial score (nSPS) is 17.7. The van der Waals surface area contributed by atoms with Crippen LogP contribution in [0.15, 0.2) is 334 Å². The van der Waals surface area contributed by atoms with Crippen LogP contribution in [0.4, 0.5) is 73.9 Å². The summed E-state index contributed by atoms with van der Waals surface area (Å²) in [5, 5.41) is 0. The van der Waals surface area contributed by atoms with Gasteiger partial charge in [0.2, 0.25) is 0 Å². The predicted molar refractivity (Wildman–Crippen MR) is 422 cm³/mol. The van der Waals surface area contributed by atoms with Crippen LogP contribution in [0.3, 0.4) is 0 Å². The summed E-state index contributed by atoms with van der Waals surface area (Å²) in [6.07, 6.45) is 6.45. The van der Waals surface area contributed by atoms with E-state index >= 15 is 0 Å². The molecule has 22 rings (SSSR count). The second-order valence-corrected chi connectivity index (χ2v) is 28.7. The summed E-state index contributed by atoms with van der Waals surface area (Å²) in [5.41, 5.74) is 34.9. The third-order valence-corrected chi connectivity index (χ3v) is 23.2. The first-order chi connectivity index (χ1) is 49.6. The first-order valence-electron chi connectivity index (χ1n) is 36.0. The molecule has 7 heteroatoms. The van der Waals surface area contributed by atoms with Gasteiger partial charge >= 0.3 is 0 Å². The van der Waals surface area contributed by atoms with Crippen molar-refractivity contribution < 1.29 is 0 Å². The highest BCUT2D eigenvalue weighted by Crippen LogP contribution is 2.57. The van der Waals surface area contributed by atoms with Gasteiger partial charge in [-0.15, -0.1) is 0 Å². The zero-order valence-electron chi connectivity index (χ0n) is 55.5. The molecule has 14 aromatic rings. The number of nitrogens with zero attached hydrogens (tertiary/aromatic N) is 5. The Morgan fingerprint density at radius 1 is 0.220 bits per heavy atom. The van der Waals surface area contributed by atoms with Gasteiger partial charge < -0.3 is 24.5 Å². The van der Waals surface area contributed by atoms with Crippen LogP contribution in [-0.2, 0) is 0 Å². The Labute approximate surface area is 586 Å². The molecule has 0 unspecified atom stereocenters. The number of hydrogen-bond acceptors (Lipinski definition) is 5. The van der Waals surface area contributed by atoms with Gasteiger partial charge in [-0.3, -0.25) is 0 Å². The van der Waals surface area contributed by atoms with Crippen LogP contribution in [-0.4, -0.2) is 25.5 Å². The summed E-state index contributed by atoms with van der Waals surface area (Å²) in [7, 11) is 0. The lowest BCUT2D eigenvalue weighted by atomic mass is 9.30. The highest BCUT2D eigenvalue weighted by molar-refractivity contribution is 7.03. The molecule has 0 N–H and O–H groups in total. The van der Waals surface area contributed by atoms with Crippen LogP contribution >= 0.6 is 0 Å². The maximum atomic E-state index is 2.93. The molecule has 4 fully saturated rings. The Morgan fingerprint density at radius 2 is 0.550 bits per heavy atom. The Bertz CT molecular complexity index is 5400. The van der Waals surface area contributed by atoms with Crippen LogP contribution in [0.5, 0.6) is 0 Å². The molecule has 6 aliphatic heterocycles. The summed E-state index contributed by atoms with van der Waals surface area (Å²) in [4.78, 5) is 13.6. The van der Waals surface area contributed by atoms with Gasteiger partial charge in [-0.25, -0.2) is 0 Å². The highest BCUT2D eigenvalue weighted by atomic mass is 15.2. The zero-order valence-corrected chi connectivity index (χ0v) is 55.5. The second-order valence-electron chi connectivity index (χ2n) is 28.7. The zero-order chi connectivity index (χ0) is 65.5. The van der Waals surface area contributed by atoms with E-state index in [0.717, 1.165) is 51.4 Å². The quantitative estimate of drug-likeness (QED) is 0.127. The molecule has 14 aromatic carbocycles. The molecule has 0 atom stereocenters. The lowest BCUT2D eigenvalue weighted by Gasteiger charge is -2.58. The first kappa shape index (κ1) is 57.3. The van der Waals surface area contributed by atoms with Crippen molar-refractivity contribution in [3.05, 3.63) is 334 Å². The van der Waals surface area contributed by atoms with Crippen molar-refractivity contribution in [2.24, 2.45) is 11.8 Å². The SMILES string of the molecule is c1ccc(-c2cc3c4c(c2)N(c2c(-c5ccccc5)cccc2-c2ccccc2)c2ccccc2B4c2cc4c(cc2N3c2ccccc2)N(c2c(-c3ccccc3)cccc2-c2ccccc2)c2cc(N3C5CC6CC(C5)CC3C6)cc3c2B4c2ccccc2N3c2ccccc2)cc1. The molecule has 2 saturated carbocycles. The molecule has 472 valence electrons. The Morgan fingerprint density at radius 3 is 0.990 bits per heavy atom. The highest BCUT2D eigenvalue weighted by Gasteiger charge is 2.52. The summed E-state index contributed by atoms with van der Waals surface area (Å²) in [6.45, 7) is -0.346. The van der Waals surface area contributed by atoms with Gasteiger partial charge in [0.15, 0.2) is 0 Å². The molecular formula is C93H69B2N5. The number of hydrogen-bond donors (Lipinski definition) is 0. The first-order valence-corrected chi connectivity index (χ1v) is 36.0. The largest absolute Gasteiger partial charge is 0.365 e. The Hall–Kier alpha value is -11.8. The number of anilines is 13. The molecule has 0 radical (unpaired) electrons. The van der Waals surface area contributed by atoms with Gasteiger partial charge in [0.25, 0.3) is 13.4 Å². The van der Waals surface area contributed by atoms with E-state index in [1.54, 1.807) is 0 Å². The summed E-state index contributed by atoms with van der Waals surface area (Å²) >= 11 is 0. The van der Waals surface area contributed by atoms with Crippen molar-refractivity contribution >= 4 is 120 Å². The lowest BCUT2D eigenvalue weighted by Crippen LogP contribution is -2.65. The number of benzene rings is 14. The Balaban J connectivity index is 0.906. The standard InChI is InChI=1S/C93H69B2N5/c1-8-28-63(29-9-1)68-55-86-90-87(56-68)99(92-74(64-30-10-2-11-31-64)42-26-43-75(92)65-32-12-3-13-33-65)83-49-25-23-47-79(83)95(90)80-59-81-85(60-84(80)98(86)70-40-20-7-21-41-70)100(93-76(66-34-14-4-15-35-66)44-27-45-77(93)67-36-16-5-17-37-67)89-58-73(96-71-51-61-50-62(53-71)54-72(96)52-61)57-88-91(89)94(81)78-46-22-24-48-82(78)97(88)69-38-18-6-19-39-69/h1-49,55-62,71-72H,50-54H2. The van der Waals surface area contributed by atoms with Crippen LogP contribution in [0, 0.1) is 11.8 Å². The van der Waals surface area contributed by atoms with Gasteiger partial charge in [-0.05, 0) is 177 Å². The minimum atomic E-state index is -0.191. The summed E-state index contributed by atoms with van der Waals surface area (Å²) < 4.78 is 0. The van der Waals surface area contributed by atoms with Crippen LogP contribution in [0.25, 0.3) is 55.6 Å². The summed E-state index contributed by atoms with van der Waals surface area (Å²) in [6, 6.07) is 128. The van der Waals surface area contributed by atoms with Gasteiger partial charge in [0, 0.05) is 96.9 Å². The van der Waals surface area contributed by atoms with Gasteiger partial charge in [0.1, 0.15) is 0 Å². The fraction of sp³-hybridized carbons (Fsp3) is 0.0968. The molecule has 0 aromatic heterocycles. The molecule has 0 amide bonds. The third kappa shape index (κ3) is 8.83. The molecule has 100 heavy (non-hydrogen) atoms. The monoisotopic (exact) mass is 1280 g/mol. The average molecular weight is 1280 g/mol. The van der Waals surface area contributed by atoms with E-state index < -0.39 is 0 Å². The fourth-order valence-electron chi connectivity index (χ4n) is 19.4. The predicted octanol–water partition coefficient (Wildman–Crippen LogP) is 20.0. The van der Waals surface area contributed by atoms with Gasteiger partial charge in [0.05, 0.1) is 11.4 Å². The van der Waals surface area contributed by atoms with Crippen LogP contribution < -0.4 is 57.3 Å². The van der Waals surface area contributed by atoms with Crippen molar-refractivity contribution in [1.82, 2.24) is 0 Å². The molecular weight excluding hydrogens is 1210 g/mol. The van der Waals surface area contributed by atoms with Crippen LogP contribution in [0.2, 0.25) is 0 Å². The number of fused-ring (bicyclic) bond motifs is 8. The molecule has 6 heterocycles. The smallest absolute Gasteiger partial charge is 0.252 e. The lowest BCUT2D eigenvalue weighted by molar-refractivity contribution is 0.0900. The minimum absolute atomic E-state index is 0.155. The van der Waals surface area contributed by atoms with E-state index in [1.165, 1.54) is 155 Å². The van der Waals surface area contributed by atoms with E-state index in [0.29, 0.717) is 12.1 Å². The summed E-state index contributed by atoms with van der Waals surface area (Å²) in [5.74, 6) is 1.61. The van der Waals surface area contributed by atoms with E-state index in [4.69, 9.17) is 0 Å². The maximum Gasteiger partial charge on any atom is 0.252 e. The van der Waals surface area contributed by atoms with Crippen LogP contribution in [0.1, 0.15) is 32.1 Å². The maximum absolute atomic E-state index is 2.93. The molecule has 4 bridgehead atoms. The van der Waals surface area contributed by atoms with Crippen molar-refractivity contribution in [2.75, 3.05) is 24.5 Å². The minimum Gasteiger partial charge on any atom is -0.365 e. The fourth-order valence-corrected chi connectivity index (χ4v) is 19.4. The van der Waals surface area contributed by atoms with E-state index in [9.17, 15) is 0 Å². The third-order valence-electron chi connectivity index (χ3n) is 23.2. The topological polar surface area (TPSA) is 16.2 Å². The van der Waals surface area contributed by atoms with Crippen molar-refractivity contribution in [1.29, 1.82) is 0 Å². The second kappa shape index (κ2) is 22.9. The van der Waals surface area contributed by atoms with E-state index in [1.807, 2.05) is 0 Å². The molecule has 8 aliphatic rings. The molecule has 0 spiro atoms. The number of piperidine rings is 2. The van der Waals surface area contributed by atoms with E-state index in [2.05, 4.69) is 358 Å². The average Bonchev–Trinajstić information content (AvgIpc) is 0.681. The number of rotatable bonds is 10. The van der Waals surface area contributed by atoms with Crippen molar-refractivity contribution in [3.63, 3.8) is 0 Å². The van der Waals surface area contributed by atoms with Crippen molar-refractivity contribution in [2.45, 2.75) is 44.2 Å². The van der Waals surface area contributed by atoms with Gasteiger partial charge in [-0.2, -0.15) is 0 Å². The molecule has 2 aliphatic carbocycles. The molecule has 2 saturated heterocycles.